The zero-order valence-electron chi connectivity index (χ0n) is 11.7. The zero-order chi connectivity index (χ0) is 13.7. The van der Waals surface area contributed by atoms with E-state index in [2.05, 4.69) is 5.32 Å². The van der Waals surface area contributed by atoms with Crippen LogP contribution in [0.25, 0.3) is 0 Å². The van der Waals surface area contributed by atoms with Crippen molar-refractivity contribution >= 4 is 5.91 Å². The summed E-state index contributed by atoms with van der Waals surface area (Å²) in [5.41, 5.74) is 1.14. The van der Waals surface area contributed by atoms with Gasteiger partial charge in [0.15, 0.2) is 0 Å². The van der Waals surface area contributed by atoms with E-state index in [4.69, 9.17) is 4.74 Å². The Bertz CT molecular complexity index is 413. The fourth-order valence-electron chi connectivity index (χ4n) is 2.20. The number of ether oxygens (including phenoxy) is 1. The molecule has 0 atom stereocenters. The van der Waals surface area contributed by atoms with Gasteiger partial charge in [0.2, 0.25) is 5.91 Å². The highest BCUT2D eigenvalue weighted by molar-refractivity contribution is 5.76. The Morgan fingerprint density at radius 1 is 1.37 bits per heavy atom. The van der Waals surface area contributed by atoms with Gasteiger partial charge in [-0.15, -0.1) is 0 Å². The molecule has 1 saturated heterocycles. The molecule has 104 valence electrons. The van der Waals surface area contributed by atoms with Crippen LogP contribution in [-0.4, -0.2) is 37.6 Å². The second-order valence-corrected chi connectivity index (χ2v) is 4.98. The normalized spacial score (nSPS) is 14.8. The summed E-state index contributed by atoms with van der Waals surface area (Å²) in [7, 11) is 1.66. The van der Waals surface area contributed by atoms with E-state index < -0.39 is 0 Å². The van der Waals surface area contributed by atoms with Crippen molar-refractivity contribution in [1.29, 1.82) is 0 Å². The Kier molecular flexibility index (Phi) is 4.80. The molecule has 0 spiro atoms. The molecule has 19 heavy (non-hydrogen) atoms. The zero-order valence-corrected chi connectivity index (χ0v) is 11.7. The summed E-state index contributed by atoms with van der Waals surface area (Å²) >= 11 is 0. The van der Waals surface area contributed by atoms with E-state index in [1.807, 2.05) is 36.1 Å². The Balaban J connectivity index is 1.90. The van der Waals surface area contributed by atoms with Crippen molar-refractivity contribution in [3.8, 4) is 5.75 Å². The van der Waals surface area contributed by atoms with E-state index in [-0.39, 0.29) is 5.91 Å². The second-order valence-electron chi connectivity index (χ2n) is 4.98. The largest absolute Gasteiger partial charge is 0.497 e. The third-order valence-electron chi connectivity index (χ3n) is 3.60. The van der Waals surface area contributed by atoms with Gasteiger partial charge in [0, 0.05) is 19.5 Å². The fourth-order valence-corrected chi connectivity index (χ4v) is 2.20. The Morgan fingerprint density at radius 2 is 2.05 bits per heavy atom. The second kappa shape index (κ2) is 6.57. The van der Waals surface area contributed by atoms with E-state index in [1.165, 1.54) is 0 Å². The van der Waals surface area contributed by atoms with E-state index in [0.29, 0.717) is 18.9 Å². The van der Waals surface area contributed by atoms with Gasteiger partial charge in [0.25, 0.3) is 0 Å². The van der Waals surface area contributed by atoms with Gasteiger partial charge in [-0.25, -0.2) is 0 Å². The first-order chi connectivity index (χ1) is 9.22. The van der Waals surface area contributed by atoms with Crippen LogP contribution in [-0.2, 0) is 11.3 Å². The summed E-state index contributed by atoms with van der Waals surface area (Å²) in [5, 5.41) is 3.20. The van der Waals surface area contributed by atoms with Gasteiger partial charge in [-0.05, 0) is 43.6 Å². The van der Waals surface area contributed by atoms with Crippen molar-refractivity contribution in [3.63, 3.8) is 0 Å². The van der Waals surface area contributed by atoms with Gasteiger partial charge in [0.1, 0.15) is 5.75 Å². The Morgan fingerprint density at radius 3 is 2.53 bits per heavy atom. The first-order valence-electron chi connectivity index (χ1n) is 6.84. The number of rotatable bonds is 6. The minimum Gasteiger partial charge on any atom is -0.497 e. The topological polar surface area (TPSA) is 41.6 Å². The molecule has 1 heterocycles. The number of carbonyl (C=O) groups is 1. The maximum atomic E-state index is 12.2. The molecule has 1 N–H and O–H groups in total. The summed E-state index contributed by atoms with van der Waals surface area (Å²) in [6, 6.07) is 7.90. The van der Waals surface area contributed by atoms with Crippen LogP contribution < -0.4 is 10.1 Å². The quantitative estimate of drug-likeness (QED) is 0.847. The average molecular weight is 262 g/mol. The number of nitrogens with zero attached hydrogens (tertiary/aromatic N) is 1. The van der Waals surface area contributed by atoms with Gasteiger partial charge in [0.05, 0.1) is 7.11 Å². The third-order valence-corrected chi connectivity index (χ3v) is 3.60. The SMILES string of the molecule is CCN(Cc1ccc(OC)cc1)C(=O)CC1CNC1. The number of amides is 1. The van der Waals surface area contributed by atoms with Crippen LogP contribution in [0.3, 0.4) is 0 Å². The van der Waals surface area contributed by atoms with E-state index >= 15 is 0 Å². The molecular weight excluding hydrogens is 240 g/mol. The maximum absolute atomic E-state index is 12.2. The summed E-state index contributed by atoms with van der Waals surface area (Å²) < 4.78 is 5.14. The predicted octanol–water partition coefficient (Wildman–Crippen LogP) is 1.65. The highest BCUT2D eigenvalue weighted by atomic mass is 16.5. The average Bonchev–Trinajstić information content (AvgIpc) is 2.40. The first kappa shape index (κ1) is 13.9. The minimum absolute atomic E-state index is 0.254. The standard InChI is InChI=1S/C15H22N2O2/c1-3-17(15(18)8-13-9-16-10-13)11-12-4-6-14(19-2)7-5-12/h4-7,13,16H,3,8-11H2,1-2H3. The number of carbonyl (C=O) groups excluding carboxylic acids is 1. The number of benzene rings is 1. The highest BCUT2D eigenvalue weighted by Gasteiger charge is 2.22. The summed E-state index contributed by atoms with van der Waals surface area (Å²) in [6.07, 6.45) is 0.664. The molecule has 0 bridgehead atoms. The lowest BCUT2D eigenvalue weighted by Gasteiger charge is -2.29. The smallest absolute Gasteiger partial charge is 0.223 e. The summed E-state index contributed by atoms with van der Waals surface area (Å²) in [5.74, 6) is 1.63. The summed E-state index contributed by atoms with van der Waals surface area (Å²) in [4.78, 5) is 14.1. The van der Waals surface area contributed by atoms with Crippen molar-refractivity contribution in [2.45, 2.75) is 19.9 Å². The minimum atomic E-state index is 0.254. The first-order valence-corrected chi connectivity index (χ1v) is 6.84. The van der Waals surface area contributed by atoms with E-state index in [1.54, 1.807) is 7.11 Å². The van der Waals surface area contributed by atoms with Crippen LogP contribution in [0.5, 0.6) is 5.75 Å². The molecule has 1 fully saturated rings. The molecule has 1 aromatic rings. The molecule has 0 aliphatic carbocycles. The molecule has 1 amide bonds. The molecule has 0 radical (unpaired) electrons. The van der Waals surface area contributed by atoms with E-state index in [9.17, 15) is 4.79 Å². The molecule has 1 aliphatic heterocycles. The molecule has 0 unspecified atom stereocenters. The van der Waals surface area contributed by atoms with Crippen LogP contribution in [0.4, 0.5) is 0 Å². The van der Waals surface area contributed by atoms with Gasteiger partial charge in [-0.3, -0.25) is 4.79 Å². The number of hydrogen-bond donors (Lipinski definition) is 1. The van der Waals surface area contributed by atoms with Crippen LogP contribution in [0, 0.1) is 5.92 Å². The van der Waals surface area contributed by atoms with Crippen molar-refractivity contribution < 1.29 is 9.53 Å². The van der Waals surface area contributed by atoms with Gasteiger partial charge >= 0.3 is 0 Å². The Hall–Kier alpha value is -1.55. The van der Waals surface area contributed by atoms with Crippen molar-refractivity contribution in [2.75, 3.05) is 26.7 Å². The van der Waals surface area contributed by atoms with Crippen LogP contribution in [0.1, 0.15) is 18.9 Å². The molecule has 0 aromatic heterocycles. The molecule has 4 nitrogen and oxygen atoms in total. The monoisotopic (exact) mass is 262 g/mol. The molecule has 0 saturated carbocycles. The molecule has 1 aliphatic rings. The van der Waals surface area contributed by atoms with Crippen LogP contribution in [0.2, 0.25) is 0 Å². The van der Waals surface area contributed by atoms with Crippen molar-refractivity contribution in [3.05, 3.63) is 29.8 Å². The lowest BCUT2D eigenvalue weighted by Crippen LogP contribution is -2.45. The number of hydrogen-bond acceptors (Lipinski definition) is 3. The predicted molar refractivity (Wildman–Crippen MR) is 75.1 cm³/mol. The summed E-state index contributed by atoms with van der Waals surface area (Å²) in [6.45, 7) is 5.42. The van der Waals surface area contributed by atoms with Gasteiger partial charge < -0.3 is 15.0 Å². The Labute approximate surface area is 114 Å². The molecule has 1 aromatic carbocycles. The number of methoxy groups -OCH3 is 1. The lowest BCUT2D eigenvalue weighted by molar-refractivity contribution is -0.133. The van der Waals surface area contributed by atoms with Crippen LogP contribution in [0.15, 0.2) is 24.3 Å². The molecule has 4 heteroatoms. The third kappa shape index (κ3) is 3.70. The van der Waals surface area contributed by atoms with Crippen molar-refractivity contribution in [2.24, 2.45) is 5.92 Å². The van der Waals surface area contributed by atoms with E-state index in [0.717, 1.165) is 30.9 Å². The molecular formula is C15H22N2O2. The maximum Gasteiger partial charge on any atom is 0.223 e. The fraction of sp³-hybridized carbons (Fsp3) is 0.533. The van der Waals surface area contributed by atoms with Gasteiger partial charge in [-0.1, -0.05) is 12.1 Å². The van der Waals surface area contributed by atoms with Crippen LogP contribution >= 0.6 is 0 Å². The lowest BCUT2D eigenvalue weighted by atomic mass is 9.98. The number of nitrogens with one attached hydrogen (secondary N) is 1. The van der Waals surface area contributed by atoms with Crippen molar-refractivity contribution in [1.82, 2.24) is 10.2 Å². The molecule has 2 rings (SSSR count). The highest BCUT2D eigenvalue weighted by Crippen LogP contribution is 2.15. The van der Waals surface area contributed by atoms with Gasteiger partial charge in [-0.2, -0.15) is 0 Å².